The van der Waals surface area contributed by atoms with Crippen LogP contribution in [0.15, 0.2) is 24.3 Å². The van der Waals surface area contributed by atoms with Crippen molar-refractivity contribution in [1.82, 2.24) is 0 Å². The Balaban J connectivity index is 2.50. The summed E-state index contributed by atoms with van der Waals surface area (Å²) in [6.45, 7) is 0.422. The summed E-state index contributed by atoms with van der Waals surface area (Å²) < 4.78 is 5.03. The molecule has 0 saturated heterocycles. The number of para-hydroxylation sites is 1. The lowest BCUT2D eigenvalue weighted by molar-refractivity contribution is -0.137. The lowest BCUT2D eigenvalue weighted by atomic mass is 10.1. The molecule has 0 saturated carbocycles. The minimum atomic E-state index is -0.886. The van der Waals surface area contributed by atoms with Crippen LogP contribution in [0.1, 0.15) is 24.8 Å². The van der Waals surface area contributed by atoms with Crippen LogP contribution < -0.4 is 5.32 Å². The van der Waals surface area contributed by atoms with Gasteiger partial charge < -0.3 is 15.2 Å². The number of amides is 1. The third-order valence-electron chi connectivity index (χ3n) is 2.39. The second-order valence-electron chi connectivity index (χ2n) is 3.89. The van der Waals surface area contributed by atoms with Crippen molar-refractivity contribution in [3.05, 3.63) is 29.8 Å². The van der Waals surface area contributed by atoms with Crippen LogP contribution in [0.3, 0.4) is 0 Å². The number of aliphatic carboxylic acids is 1. The highest BCUT2D eigenvalue weighted by molar-refractivity contribution is 5.91. The maximum Gasteiger partial charge on any atom is 0.303 e. The van der Waals surface area contributed by atoms with Crippen LogP contribution in [0.4, 0.5) is 5.69 Å². The molecule has 98 valence electrons. The number of carbonyl (C=O) groups is 2. The Kier molecular flexibility index (Phi) is 5.87. The predicted octanol–water partition coefficient (Wildman–Crippen LogP) is 2.03. The van der Waals surface area contributed by atoms with E-state index in [9.17, 15) is 9.59 Å². The number of ether oxygens (including phenoxy) is 1. The van der Waals surface area contributed by atoms with Gasteiger partial charge in [0, 0.05) is 31.2 Å². The molecular formula is C13H17NO4. The smallest absolute Gasteiger partial charge is 0.303 e. The summed E-state index contributed by atoms with van der Waals surface area (Å²) in [4.78, 5) is 21.9. The van der Waals surface area contributed by atoms with Gasteiger partial charge in [0.2, 0.25) is 5.91 Å². The second-order valence-corrected chi connectivity index (χ2v) is 3.89. The van der Waals surface area contributed by atoms with Gasteiger partial charge in [-0.15, -0.1) is 0 Å². The van der Waals surface area contributed by atoms with Gasteiger partial charge in [0.25, 0.3) is 0 Å². The Labute approximate surface area is 106 Å². The van der Waals surface area contributed by atoms with Crippen molar-refractivity contribution >= 4 is 17.6 Å². The number of carbonyl (C=O) groups excluding carboxylic acids is 1. The number of carboxylic acids is 1. The Hall–Kier alpha value is -1.88. The van der Waals surface area contributed by atoms with Gasteiger partial charge in [0.1, 0.15) is 0 Å². The number of carboxylic acid groups (broad SMARTS) is 1. The first-order chi connectivity index (χ1) is 8.63. The van der Waals surface area contributed by atoms with E-state index in [2.05, 4.69) is 5.32 Å². The Morgan fingerprint density at radius 2 is 2.00 bits per heavy atom. The minimum Gasteiger partial charge on any atom is -0.481 e. The molecule has 2 N–H and O–H groups in total. The van der Waals surface area contributed by atoms with E-state index in [-0.39, 0.29) is 18.7 Å². The first kappa shape index (κ1) is 14.2. The van der Waals surface area contributed by atoms with E-state index in [1.165, 1.54) is 0 Å². The molecule has 0 heterocycles. The molecule has 0 aliphatic heterocycles. The topological polar surface area (TPSA) is 75.6 Å². The van der Waals surface area contributed by atoms with Gasteiger partial charge >= 0.3 is 5.97 Å². The Bertz CT molecular complexity index is 417. The molecule has 0 aromatic heterocycles. The summed E-state index contributed by atoms with van der Waals surface area (Å²) >= 11 is 0. The van der Waals surface area contributed by atoms with Gasteiger partial charge in [-0.25, -0.2) is 0 Å². The summed E-state index contributed by atoms with van der Waals surface area (Å²) in [5.41, 5.74) is 1.60. The fraction of sp³-hybridized carbons (Fsp3) is 0.385. The number of methoxy groups -OCH3 is 1. The average molecular weight is 251 g/mol. The molecule has 0 atom stereocenters. The molecule has 0 radical (unpaired) electrons. The van der Waals surface area contributed by atoms with Crippen molar-refractivity contribution in [3.63, 3.8) is 0 Å². The van der Waals surface area contributed by atoms with Crippen LogP contribution in [-0.4, -0.2) is 24.1 Å². The van der Waals surface area contributed by atoms with E-state index in [1.54, 1.807) is 13.2 Å². The molecule has 5 nitrogen and oxygen atoms in total. The van der Waals surface area contributed by atoms with Crippen molar-refractivity contribution in [2.75, 3.05) is 12.4 Å². The zero-order valence-corrected chi connectivity index (χ0v) is 10.3. The summed E-state index contributed by atoms with van der Waals surface area (Å²) in [5.74, 6) is -1.07. The van der Waals surface area contributed by atoms with Crippen LogP contribution in [0.2, 0.25) is 0 Å². The average Bonchev–Trinajstić information content (AvgIpc) is 2.31. The van der Waals surface area contributed by atoms with Gasteiger partial charge in [0.05, 0.1) is 6.61 Å². The van der Waals surface area contributed by atoms with E-state index in [0.717, 1.165) is 5.56 Å². The molecular weight excluding hydrogens is 234 g/mol. The first-order valence-corrected chi connectivity index (χ1v) is 5.72. The van der Waals surface area contributed by atoms with Crippen LogP contribution in [0.25, 0.3) is 0 Å². The van der Waals surface area contributed by atoms with Gasteiger partial charge in [-0.05, 0) is 12.5 Å². The molecule has 0 spiro atoms. The van der Waals surface area contributed by atoms with E-state index in [4.69, 9.17) is 9.84 Å². The van der Waals surface area contributed by atoms with Crippen molar-refractivity contribution in [2.24, 2.45) is 0 Å². The summed E-state index contributed by atoms with van der Waals surface area (Å²) in [7, 11) is 1.59. The zero-order valence-electron chi connectivity index (χ0n) is 10.3. The third-order valence-corrected chi connectivity index (χ3v) is 2.39. The SMILES string of the molecule is COCc1ccccc1NC(=O)CCCC(=O)O. The monoisotopic (exact) mass is 251 g/mol. The highest BCUT2D eigenvalue weighted by Crippen LogP contribution is 2.16. The van der Waals surface area contributed by atoms with Gasteiger partial charge in [-0.1, -0.05) is 18.2 Å². The highest BCUT2D eigenvalue weighted by Gasteiger charge is 2.07. The fourth-order valence-corrected chi connectivity index (χ4v) is 1.54. The fourth-order valence-electron chi connectivity index (χ4n) is 1.54. The van der Waals surface area contributed by atoms with Crippen molar-refractivity contribution in [3.8, 4) is 0 Å². The normalized spacial score (nSPS) is 10.1. The molecule has 18 heavy (non-hydrogen) atoms. The van der Waals surface area contributed by atoms with Crippen molar-refractivity contribution < 1.29 is 19.4 Å². The molecule has 1 amide bonds. The lowest BCUT2D eigenvalue weighted by Crippen LogP contribution is -2.13. The molecule has 0 fully saturated rings. The number of anilines is 1. The quantitative estimate of drug-likeness (QED) is 0.777. The number of hydrogen-bond donors (Lipinski definition) is 2. The van der Waals surface area contributed by atoms with E-state index in [1.807, 2.05) is 18.2 Å². The first-order valence-electron chi connectivity index (χ1n) is 5.72. The maximum absolute atomic E-state index is 11.6. The minimum absolute atomic E-state index is 0.00708. The molecule has 0 aliphatic rings. The largest absolute Gasteiger partial charge is 0.481 e. The number of benzene rings is 1. The second kappa shape index (κ2) is 7.45. The highest BCUT2D eigenvalue weighted by atomic mass is 16.5. The van der Waals surface area contributed by atoms with Crippen LogP contribution in [0.5, 0.6) is 0 Å². The van der Waals surface area contributed by atoms with Crippen molar-refractivity contribution in [1.29, 1.82) is 0 Å². The number of nitrogens with one attached hydrogen (secondary N) is 1. The molecule has 1 rings (SSSR count). The molecule has 5 heteroatoms. The summed E-state index contributed by atoms with van der Waals surface area (Å²) in [6.07, 6.45) is 0.550. The number of rotatable bonds is 7. The van der Waals surface area contributed by atoms with Crippen molar-refractivity contribution in [2.45, 2.75) is 25.9 Å². The molecule has 0 bridgehead atoms. The predicted molar refractivity (Wildman–Crippen MR) is 67.3 cm³/mol. The lowest BCUT2D eigenvalue weighted by Gasteiger charge is -2.10. The van der Waals surface area contributed by atoms with Gasteiger partial charge in [-0.3, -0.25) is 9.59 Å². The van der Waals surface area contributed by atoms with Gasteiger partial charge in [0.15, 0.2) is 0 Å². The van der Waals surface area contributed by atoms with E-state index in [0.29, 0.717) is 18.7 Å². The van der Waals surface area contributed by atoms with Gasteiger partial charge in [-0.2, -0.15) is 0 Å². The number of hydrogen-bond acceptors (Lipinski definition) is 3. The molecule has 1 aromatic carbocycles. The maximum atomic E-state index is 11.6. The van der Waals surface area contributed by atoms with Crippen LogP contribution in [0, 0.1) is 0 Å². The van der Waals surface area contributed by atoms with E-state index >= 15 is 0 Å². The summed E-state index contributed by atoms with van der Waals surface area (Å²) in [5, 5.41) is 11.2. The standard InChI is InChI=1S/C13H17NO4/c1-18-9-10-5-2-3-6-11(10)14-12(15)7-4-8-13(16)17/h2-3,5-6H,4,7-9H2,1H3,(H,14,15)(H,16,17). The van der Waals surface area contributed by atoms with Crippen LogP contribution >= 0.6 is 0 Å². The molecule has 0 unspecified atom stereocenters. The molecule has 1 aromatic rings. The summed E-state index contributed by atoms with van der Waals surface area (Å²) in [6, 6.07) is 7.36. The Morgan fingerprint density at radius 3 is 2.67 bits per heavy atom. The zero-order chi connectivity index (χ0) is 13.4. The Morgan fingerprint density at radius 1 is 1.28 bits per heavy atom. The van der Waals surface area contributed by atoms with E-state index < -0.39 is 5.97 Å². The third kappa shape index (κ3) is 4.97. The molecule has 0 aliphatic carbocycles. The van der Waals surface area contributed by atoms with Crippen LogP contribution in [-0.2, 0) is 20.9 Å².